The summed E-state index contributed by atoms with van der Waals surface area (Å²) in [6.07, 6.45) is 7.00. The number of aliphatic carboxylic acids is 1. The summed E-state index contributed by atoms with van der Waals surface area (Å²) >= 11 is 0. The van der Waals surface area contributed by atoms with Crippen LogP contribution in [-0.4, -0.2) is 28.4 Å². The van der Waals surface area contributed by atoms with Crippen molar-refractivity contribution in [2.24, 2.45) is 17.8 Å². The molecular formula is C31H38N2O4. The number of rotatable bonds is 7. The van der Waals surface area contributed by atoms with E-state index in [1.54, 1.807) is 0 Å². The molecule has 2 aromatic carbocycles. The zero-order valence-corrected chi connectivity index (χ0v) is 22.1. The fourth-order valence-electron chi connectivity index (χ4n) is 7.25. The van der Waals surface area contributed by atoms with Crippen LogP contribution in [0.25, 0.3) is 0 Å². The van der Waals surface area contributed by atoms with Crippen molar-refractivity contribution in [1.82, 2.24) is 5.32 Å². The number of hydrogen-bond donors (Lipinski definition) is 2. The fraction of sp³-hybridized carbons (Fsp3) is 0.516. The first kappa shape index (κ1) is 25.7. The largest absolute Gasteiger partial charge is 0.480 e. The van der Waals surface area contributed by atoms with Crippen molar-refractivity contribution >= 4 is 23.5 Å². The SMILES string of the molecule is CCc1cccc(CC)c1N1C(=O)C2C(c3ccccc3C)NC(CC3CCCCC3)(C(=O)O)C2C1=O. The molecule has 6 heteroatoms. The lowest BCUT2D eigenvalue weighted by Gasteiger charge is -2.36. The monoisotopic (exact) mass is 502 g/mol. The van der Waals surface area contributed by atoms with Crippen LogP contribution < -0.4 is 10.2 Å². The average Bonchev–Trinajstić information content (AvgIpc) is 3.38. The highest BCUT2D eigenvalue weighted by atomic mass is 16.4. The summed E-state index contributed by atoms with van der Waals surface area (Å²) in [4.78, 5) is 43.2. The molecule has 6 nitrogen and oxygen atoms in total. The molecule has 0 spiro atoms. The Morgan fingerprint density at radius 1 is 0.973 bits per heavy atom. The molecular weight excluding hydrogens is 464 g/mol. The van der Waals surface area contributed by atoms with Gasteiger partial charge in [-0.2, -0.15) is 0 Å². The summed E-state index contributed by atoms with van der Waals surface area (Å²) in [7, 11) is 0. The highest BCUT2D eigenvalue weighted by Gasteiger charge is 2.69. The highest BCUT2D eigenvalue weighted by Crippen LogP contribution is 2.53. The van der Waals surface area contributed by atoms with Gasteiger partial charge in [0.1, 0.15) is 5.54 Å². The number of amides is 2. The van der Waals surface area contributed by atoms with Gasteiger partial charge >= 0.3 is 5.97 Å². The molecule has 2 amide bonds. The third-order valence-corrected chi connectivity index (χ3v) is 9.08. The number of fused-ring (bicyclic) bond motifs is 1. The normalized spacial score (nSPS) is 28.1. The second-order valence-corrected chi connectivity index (χ2v) is 11.1. The Kier molecular flexibility index (Phi) is 6.97. The van der Waals surface area contributed by atoms with E-state index in [4.69, 9.17) is 0 Å². The lowest BCUT2D eigenvalue weighted by molar-refractivity contribution is -0.150. The highest BCUT2D eigenvalue weighted by molar-refractivity contribution is 6.25. The third kappa shape index (κ3) is 4.10. The molecule has 5 rings (SSSR count). The predicted molar refractivity (Wildman–Crippen MR) is 143 cm³/mol. The molecule has 0 bridgehead atoms. The van der Waals surface area contributed by atoms with E-state index < -0.39 is 29.4 Å². The maximum Gasteiger partial charge on any atom is 0.324 e. The zero-order chi connectivity index (χ0) is 26.3. The number of carbonyl (C=O) groups is 3. The van der Waals surface area contributed by atoms with Gasteiger partial charge in [-0.3, -0.25) is 19.7 Å². The molecule has 0 radical (unpaired) electrons. The number of para-hydroxylation sites is 1. The molecule has 2 N–H and O–H groups in total. The molecule has 3 fully saturated rings. The summed E-state index contributed by atoms with van der Waals surface area (Å²) in [5.41, 5.74) is 2.95. The maximum atomic E-state index is 14.4. The summed E-state index contributed by atoms with van der Waals surface area (Å²) in [6, 6.07) is 13.2. The summed E-state index contributed by atoms with van der Waals surface area (Å²) in [5.74, 6) is -3.15. The third-order valence-electron chi connectivity index (χ3n) is 9.08. The number of carboxylic acid groups (broad SMARTS) is 1. The topological polar surface area (TPSA) is 86.7 Å². The molecule has 3 aliphatic rings. The lowest BCUT2D eigenvalue weighted by Crippen LogP contribution is -2.57. The second-order valence-electron chi connectivity index (χ2n) is 11.1. The Balaban J connectivity index is 1.67. The smallest absolute Gasteiger partial charge is 0.324 e. The van der Waals surface area contributed by atoms with Crippen LogP contribution in [0.3, 0.4) is 0 Å². The molecule has 2 saturated heterocycles. The number of nitrogens with zero attached hydrogens (tertiary/aromatic N) is 1. The van der Waals surface area contributed by atoms with Gasteiger partial charge in [-0.15, -0.1) is 0 Å². The van der Waals surface area contributed by atoms with Crippen molar-refractivity contribution in [3.8, 4) is 0 Å². The van der Waals surface area contributed by atoms with Gasteiger partial charge in [0.2, 0.25) is 11.8 Å². The molecule has 1 aliphatic carbocycles. The standard InChI is InChI=1S/C31H38N2O4/c1-4-21-15-11-16-22(5-2)27(21)33-28(34)24-25(29(33)35)31(30(36)37,18-20-13-7-6-8-14-20)32-26(24)23-17-10-9-12-19(23)3/h9-12,15-17,20,24-26,32H,4-8,13-14,18H2,1-3H3,(H,36,37). The van der Waals surface area contributed by atoms with Crippen LogP contribution in [0.15, 0.2) is 42.5 Å². The van der Waals surface area contributed by atoms with Gasteiger partial charge in [-0.25, -0.2) is 4.90 Å². The van der Waals surface area contributed by atoms with Crippen LogP contribution in [0, 0.1) is 24.7 Å². The zero-order valence-electron chi connectivity index (χ0n) is 22.1. The van der Waals surface area contributed by atoms with Crippen LogP contribution in [0.5, 0.6) is 0 Å². The molecule has 4 atom stereocenters. The Bertz CT molecular complexity index is 1200. The number of aryl methyl sites for hydroxylation is 3. The van der Waals surface area contributed by atoms with Gasteiger partial charge in [0.05, 0.1) is 17.5 Å². The van der Waals surface area contributed by atoms with Crippen molar-refractivity contribution in [1.29, 1.82) is 0 Å². The lowest BCUT2D eigenvalue weighted by atomic mass is 9.72. The van der Waals surface area contributed by atoms with Gasteiger partial charge in [0.25, 0.3) is 0 Å². The number of anilines is 1. The molecule has 37 heavy (non-hydrogen) atoms. The van der Waals surface area contributed by atoms with Gasteiger partial charge in [-0.05, 0) is 54.4 Å². The molecule has 2 aromatic rings. The van der Waals surface area contributed by atoms with Crippen molar-refractivity contribution in [3.05, 3.63) is 64.7 Å². The maximum absolute atomic E-state index is 14.4. The quantitative estimate of drug-likeness (QED) is 0.498. The van der Waals surface area contributed by atoms with E-state index >= 15 is 0 Å². The van der Waals surface area contributed by atoms with E-state index in [0.29, 0.717) is 24.9 Å². The number of imide groups is 1. The van der Waals surface area contributed by atoms with Gasteiger partial charge in [-0.1, -0.05) is 88.4 Å². The van der Waals surface area contributed by atoms with Crippen molar-refractivity contribution < 1.29 is 19.5 Å². The average molecular weight is 503 g/mol. The first-order valence-electron chi connectivity index (χ1n) is 13.9. The molecule has 196 valence electrons. The molecule has 1 saturated carbocycles. The number of nitrogens with one attached hydrogen (secondary N) is 1. The Morgan fingerprint density at radius 2 is 1.62 bits per heavy atom. The minimum absolute atomic E-state index is 0.222. The van der Waals surface area contributed by atoms with Crippen LogP contribution in [0.2, 0.25) is 0 Å². The number of hydrogen-bond acceptors (Lipinski definition) is 4. The molecule has 0 aromatic heterocycles. The van der Waals surface area contributed by atoms with Crippen molar-refractivity contribution in [2.75, 3.05) is 4.90 Å². The van der Waals surface area contributed by atoms with Crippen LogP contribution in [0.1, 0.15) is 80.7 Å². The second kappa shape index (κ2) is 10.1. The minimum Gasteiger partial charge on any atom is -0.480 e. The summed E-state index contributed by atoms with van der Waals surface area (Å²) in [6.45, 7) is 6.02. The molecule has 2 aliphatic heterocycles. The van der Waals surface area contributed by atoms with Crippen LogP contribution in [0.4, 0.5) is 5.69 Å². The van der Waals surface area contributed by atoms with Crippen LogP contribution in [-0.2, 0) is 27.2 Å². The first-order valence-corrected chi connectivity index (χ1v) is 13.9. The fourth-order valence-corrected chi connectivity index (χ4v) is 7.25. The molecule has 4 unspecified atom stereocenters. The van der Waals surface area contributed by atoms with Crippen molar-refractivity contribution in [2.45, 2.75) is 83.7 Å². The summed E-state index contributed by atoms with van der Waals surface area (Å²) < 4.78 is 0. The van der Waals surface area contributed by atoms with Gasteiger partial charge in [0.15, 0.2) is 0 Å². The Hall–Kier alpha value is -2.99. The number of benzene rings is 2. The van der Waals surface area contributed by atoms with Gasteiger partial charge in [0, 0.05) is 6.04 Å². The van der Waals surface area contributed by atoms with E-state index in [2.05, 4.69) is 5.32 Å². The van der Waals surface area contributed by atoms with E-state index in [0.717, 1.165) is 47.9 Å². The van der Waals surface area contributed by atoms with Crippen LogP contribution >= 0.6 is 0 Å². The number of carboxylic acids is 1. The van der Waals surface area contributed by atoms with Crippen molar-refractivity contribution in [3.63, 3.8) is 0 Å². The van der Waals surface area contributed by atoms with E-state index in [-0.39, 0.29) is 17.7 Å². The van der Waals surface area contributed by atoms with E-state index in [1.807, 2.05) is 63.2 Å². The Morgan fingerprint density at radius 3 is 2.22 bits per heavy atom. The predicted octanol–water partition coefficient (Wildman–Crippen LogP) is 5.36. The minimum atomic E-state index is -1.48. The number of carbonyl (C=O) groups excluding carboxylic acids is 2. The van der Waals surface area contributed by atoms with E-state index in [9.17, 15) is 19.5 Å². The molecule has 2 heterocycles. The Labute approximate surface area is 219 Å². The first-order chi connectivity index (χ1) is 17.8. The van der Waals surface area contributed by atoms with Gasteiger partial charge < -0.3 is 5.11 Å². The summed E-state index contributed by atoms with van der Waals surface area (Å²) in [5, 5.41) is 14.2. The van der Waals surface area contributed by atoms with E-state index in [1.165, 1.54) is 11.3 Å².